The van der Waals surface area contributed by atoms with Crippen molar-refractivity contribution in [2.45, 2.75) is 490 Å². The van der Waals surface area contributed by atoms with Gasteiger partial charge in [0.15, 0.2) is 12.2 Å². The molecule has 0 radical (unpaired) electrons. The van der Waals surface area contributed by atoms with Gasteiger partial charge in [0.1, 0.15) is 19.3 Å². The first-order valence-electron chi connectivity index (χ1n) is 45.1. The SMILES string of the molecule is CCCCCCCCCCCCCCCCCCCC(=O)OC[C@H](COP(=O)(O)OC[C@@H](O)COP(=O)(O)OC[C@@H](COC(=O)CCCCCCCCCCCCCC)OC(=O)CCCCCCCCCCCCCCCCCC)OC(=O)CCCCCCCCCCCCCCCCCCCCC(C)C. The van der Waals surface area contributed by atoms with Crippen LogP contribution in [0.2, 0.25) is 0 Å². The topological polar surface area (TPSA) is 237 Å². The number of phosphoric ester groups is 2. The third kappa shape index (κ3) is 80.1. The van der Waals surface area contributed by atoms with Crippen LogP contribution in [-0.2, 0) is 65.4 Å². The Morgan fingerprint density at radius 3 is 0.642 bits per heavy atom. The molecule has 3 N–H and O–H groups in total. The fourth-order valence-electron chi connectivity index (χ4n) is 13.6. The van der Waals surface area contributed by atoms with E-state index in [0.717, 1.165) is 95.8 Å². The molecule has 5 atom stereocenters. The van der Waals surface area contributed by atoms with Crippen LogP contribution in [-0.4, -0.2) is 96.7 Å². The van der Waals surface area contributed by atoms with E-state index in [1.165, 1.54) is 295 Å². The lowest BCUT2D eigenvalue weighted by Gasteiger charge is -2.21. The van der Waals surface area contributed by atoms with E-state index < -0.39 is 97.5 Å². The van der Waals surface area contributed by atoms with E-state index in [4.69, 9.17) is 37.0 Å². The van der Waals surface area contributed by atoms with Crippen LogP contribution in [0.1, 0.15) is 471 Å². The molecule has 0 aliphatic rings. The summed E-state index contributed by atoms with van der Waals surface area (Å²) in [5, 5.41) is 10.7. The largest absolute Gasteiger partial charge is 0.472 e. The van der Waals surface area contributed by atoms with E-state index >= 15 is 0 Å². The van der Waals surface area contributed by atoms with Gasteiger partial charge in [-0.15, -0.1) is 0 Å². The number of esters is 4. The predicted octanol–water partition coefficient (Wildman–Crippen LogP) is 26.8. The number of aliphatic hydroxyl groups excluding tert-OH is 1. The van der Waals surface area contributed by atoms with Crippen LogP contribution in [0.3, 0.4) is 0 Å². The highest BCUT2D eigenvalue weighted by Gasteiger charge is 2.30. The summed E-state index contributed by atoms with van der Waals surface area (Å²) in [5.74, 6) is -1.28. The van der Waals surface area contributed by atoms with Gasteiger partial charge in [-0.05, 0) is 31.6 Å². The maximum absolute atomic E-state index is 13.2. The Morgan fingerprint density at radius 1 is 0.255 bits per heavy atom. The number of hydrogen-bond donors (Lipinski definition) is 3. The van der Waals surface area contributed by atoms with Crippen LogP contribution in [0.5, 0.6) is 0 Å². The van der Waals surface area contributed by atoms with Crippen LogP contribution >= 0.6 is 15.6 Å². The molecule has 2 unspecified atom stereocenters. The fraction of sp³-hybridized carbons (Fsp3) is 0.954. The molecule has 0 heterocycles. The van der Waals surface area contributed by atoms with E-state index in [-0.39, 0.29) is 25.7 Å². The van der Waals surface area contributed by atoms with E-state index in [2.05, 4.69) is 34.6 Å². The molecular formula is C87H170O17P2. The molecule has 0 saturated carbocycles. The zero-order valence-corrected chi connectivity index (χ0v) is 71.4. The highest BCUT2D eigenvalue weighted by Crippen LogP contribution is 2.45. The van der Waals surface area contributed by atoms with Crippen molar-refractivity contribution in [3.05, 3.63) is 0 Å². The summed E-state index contributed by atoms with van der Waals surface area (Å²) in [6.07, 6.45) is 73.5. The zero-order chi connectivity index (χ0) is 77.6. The molecule has 106 heavy (non-hydrogen) atoms. The monoisotopic (exact) mass is 1550 g/mol. The summed E-state index contributed by atoms with van der Waals surface area (Å²) in [6, 6.07) is 0. The van der Waals surface area contributed by atoms with Gasteiger partial charge in [0.05, 0.1) is 26.4 Å². The molecule has 0 aliphatic heterocycles. The third-order valence-corrected chi connectivity index (χ3v) is 22.4. The lowest BCUT2D eigenvalue weighted by molar-refractivity contribution is -0.161. The number of hydrogen-bond acceptors (Lipinski definition) is 15. The number of phosphoric acid groups is 2. The average molecular weight is 1550 g/mol. The van der Waals surface area contributed by atoms with Gasteiger partial charge < -0.3 is 33.8 Å². The summed E-state index contributed by atoms with van der Waals surface area (Å²) in [4.78, 5) is 73.3. The van der Waals surface area contributed by atoms with E-state index in [0.29, 0.717) is 25.7 Å². The summed E-state index contributed by atoms with van der Waals surface area (Å²) < 4.78 is 69.0. The van der Waals surface area contributed by atoms with Crippen molar-refractivity contribution in [1.29, 1.82) is 0 Å². The summed E-state index contributed by atoms with van der Waals surface area (Å²) in [7, 11) is -9.93. The Hall–Kier alpha value is -1.94. The molecule has 0 spiro atoms. The Morgan fingerprint density at radius 2 is 0.434 bits per heavy atom. The molecule has 0 aromatic rings. The Labute approximate surface area is 651 Å². The second-order valence-electron chi connectivity index (χ2n) is 31.8. The highest BCUT2D eigenvalue weighted by molar-refractivity contribution is 7.47. The van der Waals surface area contributed by atoms with Crippen molar-refractivity contribution < 1.29 is 80.2 Å². The van der Waals surface area contributed by atoms with Gasteiger partial charge in [0, 0.05) is 25.7 Å². The van der Waals surface area contributed by atoms with E-state index in [9.17, 15) is 43.2 Å². The number of unbranched alkanes of at least 4 members (excludes halogenated alkanes) is 59. The van der Waals surface area contributed by atoms with Crippen LogP contribution in [0.15, 0.2) is 0 Å². The Balaban J connectivity index is 5.24. The average Bonchev–Trinajstić information content (AvgIpc) is 0.901. The standard InChI is InChI=1S/C87H170O17P2/c1-6-9-12-15-18-21-24-27-29-33-38-41-46-51-56-61-66-71-85(90)98-77-83(104-87(92)73-68-63-58-53-48-43-39-35-32-31-34-36-40-44-49-54-59-64-69-80(4)5)79-102-106(95,96)100-75-81(88)74-99-105(93,94)101-78-82(76-97-84(89)70-65-60-55-50-45-26-23-20-17-14-11-8-3)103-86(91)72-67-62-57-52-47-42-37-30-28-25-22-19-16-13-10-7-2/h80-83,88H,6-79H2,1-5H3,(H,93,94)(H,95,96)/t81-,82+,83+/m0/s1. The molecule has 0 saturated heterocycles. The molecular weight excluding hydrogens is 1380 g/mol. The Kier molecular flexibility index (Phi) is 78.2. The van der Waals surface area contributed by atoms with Crippen LogP contribution in [0.25, 0.3) is 0 Å². The maximum atomic E-state index is 13.2. The van der Waals surface area contributed by atoms with Gasteiger partial charge in [-0.3, -0.25) is 37.3 Å². The molecule has 630 valence electrons. The predicted molar refractivity (Wildman–Crippen MR) is 437 cm³/mol. The van der Waals surface area contributed by atoms with Crippen molar-refractivity contribution in [3.63, 3.8) is 0 Å². The van der Waals surface area contributed by atoms with Crippen molar-refractivity contribution in [1.82, 2.24) is 0 Å². The molecule has 17 nitrogen and oxygen atoms in total. The van der Waals surface area contributed by atoms with Gasteiger partial charge in [-0.1, -0.05) is 420 Å². The quantitative estimate of drug-likeness (QED) is 0.0222. The number of carbonyl (C=O) groups excluding carboxylic acids is 4. The summed E-state index contributed by atoms with van der Waals surface area (Å²) in [5.41, 5.74) is 0. The van der Waals surface area contributed by atoms with Crippen LogP contribution < -0.4 is 0 Å². The molecule has 0 amide bonds. The molecule has 19 heteroatoms. The Bertz CT molecular complexity index is 2010. The van der Waals surface area contributed by atoms with Crippen LogP contribution in [0.4, 0.5) is 0 Å². The third-order valence-electron chi connectivity index (χ3n) is 20.5. The summed E-state index contributed by atoms with van der Waals surface area (Å²) in [6.45, 7) is 7.42. The highest BCUT2D eigenvalue weighted by atomic mass is 31.2. The molecule has 0 fully saturated rings. The van der Waals surface area contributed by atoms with Gasteiger partial charge in [0.25, 0.3) is 0 Å². The minimum Gasteiger partial charge on any atom is -0.462 e. The van der Waals surface area contributed by atoms with E-state index in [1.54, 1.807) is 0 Å². The smallest absolute Gasteiger partial charge is 0.462 e. The second kappa shape index (κ2) is 79.7. The fourth-order valence-corrected chi connectivity index (χ4v) is 15.2. The molecule has 0 rings (SSSR count). The second-order valence-corrected chi connectivity index (χ2v) is 34.7. The van der Waals surface area contributed by atoms with Crippen molar-refractivity contribution in [2.24, 2.45) is 5.92 Å². The maximum Gasteiger partial charge on any atom is 0.472 e. The molecule has 0 aliphatic carbocycles. The van der Waals surface area contributed by atoms with Crippen LogP contribution in [0, 0.1) is 5.92 Å². The minimum absolute atomic E-state index is 0.109. The van der Waals surface area contributed by atoms with Gasteiger partial charge >= 0.3 is 39.5 Å². The molecule has 0 aromatic heterocycles. The number of carbonyl (C=O) groups is 4. The zero-order valence-electron chi connectivity index (χ0n) is 69.6. The van der Waals surface area contributed by atoms with Gasteiger partial charge in [0.2, 0.25) is 0 Å². The number of rotatable bonds is 87. The van der Waals surface area contributed by atoms with Crippen molar-refractivity contribution in [3.8, 4) is 0 Å². The first kappa shape index (κ1) is 104. The first-order chi connectivity index (χ1) is 51.5. The first-order valence-corrected chi connectivity index (χ1v) is 48.1. The number of aliphatic hydroxyl groups is 1. The van der Waals surface area contributed by atoms with E-state index in [1.807, 2.05) is 0 Å². The lowest BCUT2D eigenvalue weighted by Crippen LogP contribution is -2.30. The van der Waals surface area contributed by atoms with Gasteiger partial charge in [-0.25, -0.2) is 9.13 Å². The van der Waals surface area contributed by atoms with Crippen molar-refractivity contribution >= 4 is 39.5 Å². The normalized spacial score (nSPS) is 13.7. The van der Waals surface area contributed by atoms with Gasteiger partial charge in [-0.2, -0.15) is 0 Å². The lowest BCUT2D eigenvalue weighted by atomic mass is 10.0. The summed E-state index contributed by atoms with van der Waals surface area (Å²) >= 11 is 0. The molecule has 0 aromatic carbocycles. The minimum atomic E-state index is -4.97. The number of ether oxygens (including phenoxy) is 4. The molecule has 0 bridgehead atoms. The van der Waals surface area contributed by atoms with Crippen molar-refractivity contribution in [2.75, 3.05) is 39.6 Å².